The molecule has 0 spiro atoms. The van der Waals surface area contributed by atoms with Gasteiger partial charge in [0.05, 0.1) is 11.7 Å². The average molecular weight is 365 g/mol. The molecule has 0 bridgehead atoms. The molecule has 2 aromatic rings. The molecule has 27 heavy (non-hydrogen) atoms. The van der Waals surface area contributed by atoms with Gasteiger partial charge in [-0.1, -0.05) is 30.3 Å². The average Bonchev–Trinajstić information content (AvgIpc) is 2.69. The van der Waals surface area contributed by atoms with Gasteiger partial charge in [-0.05, 0) is 43.2 Å². The predicted molar refractivity (Wildman–Crippen MR) is 101 cm³/mol. The maximum absolute atomic E-state index is 12.8. The Labute approximate surface area is 158 Å². The topological polar surface area (TPSA) is 97.2 Å². The van der Waals surface area contributed by atoms with E-state index in [0.717, 1.165) is 18.4 Å². The minimum Gasteiger partial charge on any atom is -0.392 e. The molecule has 1 saturated heterocycles. The fourth-order valence-corrected chi connectivity index (χ4v) is 3.66. The third kappa shape index (κ3) is 4.09. The number of aromatic amines is 1. The second kappa shape index (κ2) is 8.19. The van der Waals surface area contributed by atoms with E-state index in [9.17, 15) is 14.7 Å². The third-order valence-electron chi connectivity index (χ3n) is 5.35. The SMILES string of the molecule is Cc1c(C(=O)N2CCC(C(O)Cc3ccccc3)CC2)c[nH]c(=O)c1C#N. The van der Waals surface area contributed by atoms with Gasteiger partial charge in [-0.25, -0.2) is 0 Å². The van der Waals surface area contributed by atoms with E-state index in [1.165, 1.54) is 6.20 Å². The highest BCUT2D eigenvalue weighted by Gasteiger charge is 2.29. The van der Waals surface area contributed by atoms with E-state index in [2.05, 4.69) is 4.98 Å². The number of hydrogen-bond acceptors (Lipinski definition) is 4. The van der Waals surface area contributed by atoms with E-state index in [4.69, 9.17) is 5.26 Å². The first kappa shape index (κ1) is 18.9. The summed E-state index contributed by atoms with van der Waals surface area (Å²) in [5.41, 5.74) is 1.38. The van der Waals surface area contributed by atoms with Crippen molar-refractivity contribution in [3.63, 3.8) is 0 Å². The maximum Gasteiger partial charge on any atom is 0.266 e. The van der Waals surface area contributed by atoms with Crippen molar-refractivity contribution in [3.8, 4) is 6.07 Å². The van der Waals surface area contributed by atoms with Crippen LogP contribution in [0.3, 0.4) is 0 Å². The lowest BCUT2D eigenvalue weighted by molar-refractivity contribution is 0.0466. The lowest BCUT2D eigenvalue weighted by Gasteiger charge is -2.34. The molecule has 6 heteroatoms. The number of carbonyl (C=O) groups is 1. The van der Waals surface area contributed by atoms with Crippen molar-refractivity contribution in [1.29, 1.82) is 5.26 Å². The Hall–Kier alpha value is -2.91. The van der Waals surface area contributed by atoms with Crippen LogP contribution in [-0.2, 0) is 6.42 Å². The van der Waals surface area contributed by atoms with E-state index < -0.39 is 11.7 Å². The van der Waals surface area contributed by atoms with Gasteiger partial charge in [0.15, 0.2) is 0 Å². The number of likely N-dealkylation sites (tertiary alicyclic amines) is 1. The van der Waals surface area contributed by atoms with Crippen molar-refractivity contribution in [3.05, 3.63) is 69.1 Å². The summed E-state index contributed by atoms with van der Waals surface area (Å²) in [6.07, 6.45) is 3.03. The zero-order valence-electron chi connectivity index (χ0n) is 15.3. The molecule has 0 aliphatic carbocycles. The van der Waals surface area contributed by atoms with E-state index in [0.29, 0.717) is 30.6 Å². The molecule has 1 unspecified atom stereocenters. The summed E-state index contributed by atoms with van der Waals surface area (Å²) < 4.78 is 0. The van der Waals surface area contributed by atoms with Crippen molar-refractivity contribution in [2.75, 3.05) is 13.1 Å². The van der Waals surface area contributed by atoms with E-state index in [1.54, 1.807) is 11.8 Å². The second-order valence-electron chi connectivity index (χ2n) is 7.03. The fourth-order valence-electron chi connectivity index (χ4n) is 3.66. The van der Waals surface area contributed by atoms with Crippen LogP contribution >= 0.6 is 0 Å². The Morgan fingerprint density at radius 3 is 2.63 bits per heavy atom. The van der Waals surface area contributed by atoms with Crippen LogP contribution in [-0.4, -0.2) is 40.1 Å². The third-order valence-corrected chi connectivity index (χ3v) is 5.35. The van der Waals surface area contributed by atoms with Crippen molar-refractivity contribution in [2.24, 2.45) is 5.92 Å². The largest absolute Gasteiger partial charge is 0.392 e. The van der Waals surface area contributed by atoms with Gasteiger partial charge in [0.25, 0.3) is 11.5 Å². The summed E-state index contributed by atoms with van der Waals surface area (Å²) in [7, 11) is 0. The second-order valence-corrected chi connectivity index (χ2v) is 7.03. The Kier molecular flexibility index (Phi) is 5.72. The number of carbonyl (C=O) groups excluding carboxylic acids is 1. The molecule has 0 saturated carbocycles. The fraction of sp³-hybridized carbons (Fsp3) is 0.381. The monoisotopic (exact) mass is 365 g/mol. The lowest BCUT2D eigenvalue weighted by atomic mass is 9.87. The van der Waals surface area contributed by atoms with Crippen molar-refractivity contribution in [1.82, 2.24) is 9.88 Å². The highest BCUT2D eigenvalue weighted by atomic mass is 16.3. The van der Waals surface area contributed by atoms with Gasteiger partial charge < -0.3 is 15.0 Å². The van der Waals surface area contributed by atoms with E-state index >= 15 is 0 Å². The quantitative estimate of drug-likeness (QED) is 0.866. The molecule has 1 aromatic heterocycles. The minimum atomic E-state index is -0.478. The molecule has 1 aromatic carbocycles. The van der Waals surface area contributed by atoms with E-state index in [1.807, 2.05) is 36.4 Å². The molecule has 1 aliphatic heterocycles. The standard InChI is InChI=1S/C21H23N3O3/c1-14-17(12-22)20(26)23-13-18(14)21(27)24-9-7-16(8-10-24)19(25)11-15-5-3-2-4-6-15/h2-6,13,16,19,25H,7-11H2,1H3,(H,23,26). The molecule has 140 valence electrons. The lowest BCUT2D eigenvalue weighted by Crippen LogP contribution is -2.42. The number of amides is 1. The van der Waals surface area contributed by atoms with Crippen LogP contribution in [0.1, 0.15) is 39.9 Å². The van der Waals surface area contributed by atoms with Crippen molar-refractivity contribution in [2.45, 2.75) is 32.3 Å². The van der Waals surface area contributed by atoms with Crippen LogP contribution < -0.4 is 5.56 Å². The predicted octanol–water partition coefficient (Wildman–Crippen LogP) is 2.01. The summed E-state index contributed by atoms with van der Waals surface area (Å²) in [5.74, 6) is -0.0307. The number of pyridine rings is 1. The number of aromatic nitrogens is 1. The number of H-pyrrole nitrogens is 1. The van der Waals surface area contributed by atoms with Crippen LogP contribution in [0.25, 0.3) is 0 Å². The van der Waals surface area contributed by atoms with Gasteiger partial charge in [-0.15, -0.1) is 0 Å². The van der Waals surface area contributed by atoms with Gasteiger partial charge in [-0.3, -0.25) is 9.59 Å². The molecule has 1 fully saturated rings. The highest BCUT2D eigenvalue weighted by molar-refractivity contribution is 5.95. The Balaban J connectivity index is 1.63. The summed E-state index contributed by atoms with van der Waals surface area (Å²) in [5, 5.41) is 19.6. The van der Waals surface area contributed by atoms with Gasteiger partial charge in [0.2, 0.25) is 0 Å². The Bertz CT molecular complexity index is 907. The molecule has 1 atom stereocenters. The number of nitrogens with one attached hydrogen (secondary N) is 1. The molecule has 2 N–H and O–H groups in total. The van der Waals surface area contributed by atoms with Crippen molar-refractivity contribution < 1.29 is 9.90 Å². The normalized spacial score (nSPS) is 16.0. The molecular weight excluding hydrogens is 342 g/mol. The molecule has 1 amide bonds. The maximum atomic E-state index is 12.8. The zero-order valence-corrected chi connectivity index (χ0v) is 15.3. The Morgan fingerprint density at radius 1 is 1.33 bits per heavy atom. The number of hydrogen-bond donors (Lipinski definition) is 2. The zero-order chi connectivity index (χ0) is 19.4. The van der Waals surface area contributed by atoms with Gasteiger partial charge >= 0.3 is 0 Å². The number of aliphatic hydroxyl groups excluding tert-OH is 1. The summed E-state index contributed by atoms with van der Waals surface area (Å²) in [4.78, 5) is 28.7. The van der Waals surface area contributed by atoms with Crippen LogP contribution in [0.5, 0.6) is 0 Å². The summed E-state index contributed by atoms with van der Waals surface area (Å²) in [6, 6.07) is 11.8. The van der Waals surface area contributed by atoms with Gasteiger partial charge in [0, 0.05) is 19.3 Å². The smallest absolute Gasteiger partial charge is 0.266 e. The minimum absolute atomic E-state index is 0.0194. The number of piperidine rings is 1. The number of rotatable bonds is 4. The number of nitriles is 1. The summed E-state index contributed by atoms with van der Waals surface area (Å²) in [6.45, 7) is 2.73. The van der Waals surface area contributed by atoms with Crippen LogP contribution in [0.2, 0.25) is 0 Å². The van der Waals surface area contributed by atoms with E-state index in [-0.39, 0.29) is 17.4 Å². The van der Waals surface area contributed by atoms with Crippen LogP contribution in [0, 0.1) is 24.2 Å². The first-order chi connectivity index (χ1) is 13.0. The number of benzene rings is 1. The van der Waals surface area contributed by atoms with Crippen LogP contribution in [0.4, 0.5) is 0 Å². The molecular formula is C21H23N3O3. The van der Waals surface area contributed by atoms with Crippen LogP contribution in [0.15, 0.2) is 41.3 Å². The number of aliphatic hydroxyl groups is 1. The first-order valence-corrected chi connectivity index (χ1v) is 9.15. The van der Waals surface area contributed by atoms with Crippen molar-refractivity contribution >= 4 is 5.91 Å². The molecule has 3 rings (SSSR count). The summed E-state index contributed by atoms with van der Waals surface area (Å²) >= 11 is 0. The highest BCUT2D eigenvalue weighted by Crippen LogP contribution is 2.24. The first-order valence-electron chi connectivity index (χ1n) is 9.15. The molecule has 1 aliphatic rings. The van der Waals surface area contributed by atoms with Gasteiger partial charge in [-0.2, -0.15) is 5.26 Å². The van der Waals surface area contributed by atoms with Gasteiger partial charge in [0.1, 0.15) is 11.6 Å². The molecule has 6 nitrogen and oxygen atoms in total. The molecule has 2 heterocycles. The number of nitrogens with zero attached hydrogens (tertiary/aromatic N) is 2. The molecule has 0 radical (unpaired) electrons. The Morgan fingerprint density at radius 2 is 2.00 bits per heavy atom.